The first kappa shape index (κ1) is 18.2. The van der Waals surface area contributed by atoms with Gasteiger partial charge in [-0.3, -0.25) is 4.79 Å². The van der Waals surface area contributed by atoms with Gasteiger partial charge in [0.1, 0.15) is 0 Å². The van der Waals surface area contributed by atoms with E-state index in [0.29, 0.717) is 11.8 Å². The predicted molar refractivity (Wildman–Crippen MR) is 105 cm³/mol. The van der Waals surface area contributed by atoms with Crippen LogP contribution in [0.15, 0.2) is 42.5 Å². The highest BCUT2D eigenvalue weighted by Crippen LogP contribution is 2.49. The molecule has 0 radical (unpaired) electrons. The molecule has 2 N–H and O–H groups in total. The first-order valence-electron chi connectivity index (χ1n) is 9.20. The first-order valence-corrected chi connectivity index (χ1v) is 9.20. The van der Waals surface area contributed by atoms with E-state index in [9.17, 15) is 4.79 Å². The Morgan fingerprint density at radius 2 is 1.92 bits per heavy atom. The van der Waals surface area contributed by atoms with Crippen LogP contribution in [0.25, 0.3) is 10.8 Å². The van der Waals surface area contributed by atoms with Gasteiger partial charge >= 0.3 is 0 Å². The number of nitrogens with zero attached hydrogens (tertiary/aromatic N) is 1. The number of rotatable bonds is 3. The average Bonchev–Trinajstić information content (AvgIpc) is 3.41. The number of hydrogen-bond acceptors (Lipinski definition) is 2. The number of carbonyl (C=O) groups is 1. The molecule has 1 aliphatic carbocycles. The van der Waals surface area contributed by atoms with E-state index in [2.05, 4.69) is 47.4 Å². The standard InChI is InChI=1S/C21H26N2O.ClH/c1-14(22)20-8-4-5-11-23(20)21(24)19-13-18(19)17-10-9-15-6-2-3-7-16(15)12-17;/h2-3,6-7,9-10,12,14,18-20H,4-5,8,11,13,22H2,1H3;1H. The molecule has 0 spiro atoms. The summed E-state index contributed by atoms with van der Waals surface area (Å²) in [4.78, 5) is 15.1. The number of fused-ring (bicyclic) bond motifs is 1. The summed E-state index contributed by atoms with van der Waals surface area (Å²) in [5.41, 5.74) is 7.44. The van der Waals surface area contributed by atoms with Crippen molar-refractivity contribution in [2.75, 3.05) is 6.54 Å². The number of halogens is 1. The highest BCUT2D eigenvalue weighted by Gasteiger charge is 2.47. The fraction of sp³-hybridized carbons (Fsp3) is 0.476. The predicted octanol–water partition coefficient (Wildman–Crippen LogP) is 4.09. The molecule has 1 heterocycles. The van der Waals surface area contributed by atoms with Gasteiger partial charge in [-0.2, -0.15) is 0 Å². The molecule has 4 atom stereocenters. The topological polar surface area (TPSA) is 46.3 Å². The monoisotopic (exact) mass is 358 g/mol. The van der Waals surface area contributed by atoms with Crippen molar-refractivity contribution in [2.45, 2.75) is 50.6 Å². The first-order chi connectivity index (χ1) is 11.6. The summed E-state index contributed by atoms with van der Waals surface area (Å²) in [5, 5.41) is 2.53. The van der Waals surface area contributed by atoms with E-state index < -0.39 is 0 Å². The average molecular weight is 359 g/mol. The molecule has 2 aromatic rings. The molecular formula is C21H27ClN2O. The smallest absolute Gasteiger partial charge is 0.226 e. The van der Waals surface area contributed by atoms with Crippen LogP contribution < -0.4 is 5.73 Å². The summed E-state index contributed by atoms with van der Waals surface area (Å²) in [6.45, 7) is 2.91. The molecule has 1 aliphatic heterocycles. The van der Waals surface area contributed by atoms with Gasteiger partial charge in [0.05, 0.1) is 0 Å². The fourth-order valence-electron chi connectivity index (χ4n) is 4.27. The van der Waals surface area contributed by atoms with Crippen molar-refractivity contribution in [1.82, 2.24) is 4.90 Å². The van der Waals surface area contributed by atoms with Crippen LogP contribution in [0.1, 0.15) is 44.1 Å². The van der Waals surface area contributed by atoms with E-state index in [1.165, 1.54) is 22.8 Å². The zero-order chi connectivity index (χ0) is 16.7. The maximum Gasteiger partial charge on any atom is 0.226 e. The highest BCUT2D eigenvalue weighted by atomic mass is 35.5. The van der Waals surface area contributed by atoms with E-state index >= 15 is 0 Å². The second-order valence-corrected chi connectivity index (χ2v) is 7.51. The zero-order valence-electron chi connectivity index (χ0n) is 14.7. The van der Waals surface area contributed by atoms with Crippen molar-refractivity contribution < 1.29 is 4.79 Å². The summed E-state index contributed by atoms with van der Waals surface area (Å²) in [6, 6.07) is 15.3. The minimum atomic E-state index is 0. The number of nitrogens with two attached hydrogens (primary N) is 1. The molecule has 4 heteroatoms. The molecule has 2 aliphatic rings. The fourth-order valence-corrected chi connectivity index (χ4v) is 4.27. The summed E-state index contributed by atoms with van der Waals surface area (Å²) < 4.78 is 0. The van der Waals surface area contributed by atoms with Gasteiger partial charge in [-0.15, -0.1) is 12.4 Å². The molecule has 134 valence electrons. The van der Waals surface area contributed by atoms with Crippen molar-refractivity contribution in [2.24, 2.45) is 11.7 Å². The third kappa shape index (κ3) is 3.54. The van der Waals surface area contributed by atoms with Gasteiger partial charge in [-0.1, -0.05) is 42.5 Å². The van der Waals surface area contributed by atoms with Gasteiger partial charge < -0.3 is 10.6 Å². The van der Waals surface area contributed by atoms with Crippen molar-refractivity contribution in [3.05, 3.63) is 48.0 Å². The molecule has 3 nitrogen and oxygen atoms in total. The molecule has 4 unspecified atom stereocenters. The Kier molecular flexibility index (Phi) is 5.35. The Morgan fingerprint density at radius 1 is 1.16 bits per heavy atom. The molecular weight excluding hydrogens is 332 g/mol. The molecule has 25 heavy (non-hydrogen) atoms. The second-order valence-electron chi connectivity index (χ2n) is 7.51. The van der Waals surface area contributed by atoms with Crippen molar-refractivity contribution in [3.63, 3.8) is 0 Å². The maximum absolute atomic E-state index is 13.0. The third-order valence-corrected chi connectivity index (χ3v) is 5.75. The van der Waals surface area contributed by atoms with E-state index in [1.54, 1.807) is 0 Å². The lowest BCUT2D eigenvalue weighted by molar-refractivity contribution is -0.136. The van der Waals surface area contributed by atoms with Crippen LogP contribution in [0.2, 0.25) is 0 Å². The lowest BCUT2D eigenvalue weighted by Crippen LogP contribution is -2.52. The van der Waals surface area contributed by atoms with Crippen LogP contribution in [0.5, 0.6) is 0 Å². The van der Waals surface area contributed by atoms with Crippen molar-refractivity contribution in [1.29, 1.82) is 0 Å². The summed E-state index contributed by atoms with van der Waals surface area (Å²) in [7, 11) is 0. The number of amides is 1. The Labute approximate surface area is 156 Å². The van der Waals surface area contributed by atoms with Gasteiger partial charge in [-0.05, 0) is 54.9 Å². The number of benzene rings is 2. The molecule has 4 rings (SSSR count). The highest BCUT2D eigenvalue weighted by molar-refractivity contribution is 5.86. The number of hydrogen-bond donors (Lipinski definition) is 1. The Balaban J connectivity index is 0.00000182. The summed E-state index contributed by atoms with van der Waals surface area (Å²) >= 11 is 0. The molecule has 1 saturated carbocycles. The van der Waals surface area contributed by atoms with Crippen LogP contribution >= 0.6 is 12.4 Å². The molecule has 2 fully saturated rings. The quantitative estimate of drug-likeness (QED) is 0.898. The summed E-state index contributed by atoms with van der Waals surface area (Å²) in [6.07, 6.45) is 4.34. The number of carbonyl (C=O) groups excluding carboxylic acids is 1. The van der Waals surface area contributed by atoms with Gasteiger partial charge in [0.25, 0.3) is 0 Å². The molecule has 1 amide bonds. The second kappa shape index (κ2) is 7.35. The molecule has 1 saturated heterocycles. The van der Waals surface area contributed by atoms with Gasteiger partial charge in [0, 0.05) is 24.5 Å². The van der Waals surface area contributed by atoms with Crippen molar-refractivity contribution >= 4 is 29.1 Å². The minimum Gasteiger partial charge on any atom is -0.338 e. The Hall–Kier alpha value is -1.58. The molecule has 0 aromatic heterocycles. The van der Waals surface area contributed by atoms with E-state index in [0.717, 1.165) is 25.8 Å². The van der Waals surface area contributed by atoms with E-state index in [1.807, 2.05) is 6.92 Å². The lowest BCUT2D eigenvalue weighted by Gasteiger charge is -2.38. The van der Waals surface area contributed by atoms with E-state index in [-0.39, 0.29) is 30.4 Å². The summed E-state index contributed by atoms with van der Waals surface area (Å²) in [5.74, 6) is 0.874. The largest absolute Gasteiger partial charge is 0.338 e. The third-order valence-electron chi connectivity index (χ3n) is 5.75. The normalized spacial score (nSPS) is 26.8. The van der Waals surface area contributed by atoms with Gasteiger partial charge in [0.2, 0.25) is 5.91 Å². The van der Waals surface area contributed by atoms with Gasteiger partial charge in [-0.25, -0.2) is 0 Å². The van der Waals surface area contributed by atoms with Crippen LogP contribution in [-0.4, -0.2) is 29.4 Å². The Bertz CT molecular complexity index is 760. The van der Waals surface area contributed by atoms with Crippen LogP contribution in [0, 0.1) is 5.92 Å². The number of likely N-dealkylation sites (tertiary alicyclic amines) is 1. The van der Waals surface area contributed by atoms with Crippen LogP contribution in [0.4, 0.5) is 0 Å². The molecule has 2 aromatic carbocycles. The lowest BCUT2D eigenvalue weighted by atomic mass is 9.96. The van der Waals surface area contributed by atoms with Crippen LogP contribution in [0.3, 0.4) is 0 Å². The Morgan fingerprint density at radius 3 is 2.68 bits per heavy atom. The zero-order valence-corrected chi connectivity index (χ0v) is 15.5. The SMILES string of the molecule is CC(N)C1CCCCN1C(=O)C1CC1c1ccc2ccccc2c1.Cl. The molecule has 0 bridgehead atoms. The minimum absolute atomic E-state index is 0. The van der Waals surface area contributed by atoms with Gasteiger partial charge in [0.15, 0.2) is 0 Å². The maximum atomic E-state index is 13.0. The van der Waals surface area contributed by atoms with Crippen LogP contribution in [-0.2, 0) is 4.79 Å². The number of piperidine rings is 1. The van der Waals surface area contributed by atoms with Crippen molar-refractivity contribution in [3.8, 4) is 0 Å². The van der Waals surface area contributed by atoms with E-state index in [4.69, 9.17) is 5.73 Å².